The Labute approximate surface area is 111 Å². The molecular weight excluding hydrogens is 243 g/mol. The third kappa shape index (κ3) is 3.64. The highest BCUT2D eigenvalue weighted by molar-refractivity contribution is 6.58. The Hall–Kier alpha value is -2.18. The van der Waals surface area contributed by atoms with E-state index in [-0.39, 0.29) is 11.4 Å². The highest BCUT2D eigenvalue weighted by Crippen LogP contribution is 1.99. The van der Waals surface area contributed by atoms with E-state index in [4.69, 9.17) is 10.0 Å². The molecule has 3 N–H and O–H groups in total. The summed E-state index contributed by atoms with van der Waals surface area (Å²) < 4.78 is 0. The lowest BCUT2D eigenvalue weighted by Gasteiger charge is -2.06. The number of carbonyl (C=O) groups excluding carboxylic acids is 1. The molecule has 0 fully saturated rings. The minimum atomic E-state index is -1.63. The summed E-state index contributed by atoms with van der Waals surface area (Å²) in [6.07, 6.45) is 2.69. The lowest BCUT2D eigenvalue weighted by atomic mass is 9.81. The van der Waals surface area contributed by atoms with Crippen molar-refractivity contribution in [1.82, 2.24) is 10.3 Å². The number of amides is 1. The summed E-state index contributed by atoms with van der Waals surface area (Å²) in [6.45, 7) is 0.408. The van der Waals surface area contributed by atoms with Crippen molar-refractivity contribution in [3.05, 3.63) is 59.9 Å². The molecule has 0 saturated carbocycles. The van der Waals surface area contributed by atoms with Crippen LogP contribution in [0.15, 0.2) is 48.8 Å². The maximum Gasteiger partial charge on any atom is 0.490 e. The van der Waals surface area contributed by atoms with Gasteiger partial charge in [-0.15, -0.1) is 0 Å². The normalized spacial score (nSPS) is 10.0. The quantitative estimate of drug-likeness (QED) is 0.655. The van der Waals surface area contributed by atoms with E-state index < -0.39 is 7.12 Å². The third-order valence-electron chi connectivity index (χ3n) is 2.62. The molecule has 0 spiro atoms. The third-order valence-corrected chi connectivity index (χ3v) is 2.62. The number of pyridine rings is 1. The number of rotatable bonds is 4. The molecule has 1 aromatic carbocycles. The van der Waals surface area contributed by atoms with E-state index in [2.05, 4.69) is 10.3 Å². The Kier molecular flexibility index (Phi) is 4.28. The summed E-state index contributed by atoms with van der Waals surface area (Å²) in [5, 5.41) is 20.8. The Morgan fingerprint density at radius 3 is 2.63 bits per heavy atom. The zero-order valence-corrected chi connectivity index (χ0v) is 10.2. The maximum absolute atomic E-state index is 11.9. The molecule has 5 nitrogen and oxygen atoms in total. The molecule has 0 unspecified atom stereocenters. The first-order chi connectivity index (χ1) is 9.16. The van der Waals surface area contributed by atoms with Gasteiger partial charge in [-0.25, -0.2) is 0 Å². The van der Waals surface area contributed by atoms with Gasteiger partial charge in [-0.3, -0.25) is 9.78 Å². The van der Waals surface area contributed by atoms with Crippen molar-refractivity contribution in [3.63, 3.8) is 0 Å². The fourth-order valence-corrected chi connectivity index (χ4v) is 1.60. The number of nitrogens with one attached hydrogen (secondary N) is 1. The highest BCUT2D eigenvalue weighted by atomic mass is 16.4. The Balaban J connectivity index is 2.02. The predicted molar refractivity (Wildman–Crippen MR) is 71.7 cm³/mol. The van der Waals surface area contributed by atoms with E-state index in [0.29, 0.717) is 12.1 Å². The molecule has 19 heavy (non-hydrogen) atoms. The average molecular weight is 256 g/mol. The fourth-order valence-electron chi connectivity index (χ4n) is 1.60. The molecule has 96 valence electrons. The lowest BCUT2D eigenvalue weighted by Crippen LogP contribution is -2.32. The molecule has 0 aliphatic rings. The molecule has 0 aliphatic carbocycles. The number of nitrogens with zero attached hydrogens (tertiary/aromatic N) is 1. The molecule has 2 aromatic rings. The van der Waals surface area contributed by atoms with Gasteiger partial charge in [-0.1, -0.05) is 30.3 Å². The number of hydrogen-bond acceptors (Lipinski definition) is 4. The standard InChI is InChI=1S/C13H13BN2O3/c17-13(16-7-10-4-2-1-3-5-10)11-6-12(14(18)19)9-15-8-11/h1-6,8-9,18-19H,7H2,(H,16,17). The van der Waals surface area contributed by atoms with E-state index in [1.807, 2.05) is 30.3 Å². The van der Waals surface area contributed by atoms with Crippen molar-refractivity contribution in [2.45, 2.75) is 6.54 Å². The molecule has 1 amide bonds. The van der Waals surface area contributed by atoms with Crippen LogP contribution < -0.4 is 10.8 Å². The smallest absolute Gasteiger partial charge is 0.423 e. The van der Waals surface area contributed by atoms with Crippen LogP contribution in [0.4, 0.5) is 0 Å². The second-order valence-electron chi connectivity index (χ2n) is 4.05. The minimum Gasteiger partial charge on any atom is -0.423 e. The topological polar surface area (TPSA) is 82.5 Å². The summed E-state index contributed by atoms with van der Waals surface area (Å²) in [5.41, 5.74) is 1.47. The van der Waals surface area contributed by atoms with Crippen LogP contribution in [-0.4, -0.2) is 28.1 Å². The SMILES string of the molecule is O=C(NCc1ccccc1)c1cncc(B(O)O)c1. The van der Waals surface area contributed by atoms with Crippen LogP contribution in [-0.2, 0) is 6.54 Å². The van der Waals surface area contributed by atoms with Crippen LogP contribution in [0.25, 0.3) is 0 Å². The van der Waals surface area contributed by atoms with E-state index >= 15 is 0 Å². The molecule has 0 aliphatic heterocycles. The summed E-state index contributed by atoms with van der Waals surface area (Å²) in [5.74, 6) is -0.307. The first kappa shape index (κ1) is 13.3. The van der Waals surface area contributed by atoms with Crippen LogP contribution in [0.5, 0.6) is 0 Å². The summed E-state index contributed by atoms with van der Waals surface area (Å²) in [7, 11) is -1.63. The van der Waals surface area contributed by atoms with Crippen molar-refractivity contribution >= 4 is 18.5 Å². The molecule has 1 heterocycles. The largest absolute Gasteiger partial charge is 0.490 e. The van der Waals surface area contributed by atoms with Gasteiger partial charge in [0.15, 0.2) is 0 Å². The summed E-state index contributed by atoms with van der Waals surface area (Å²) in [6, 6.07) is 10.9. The van der Waals surface area contributed by atoms with Gasteiger partial charge in [-0.05, 0) is 11.6 Å². The van der Waals surface area contributed by atoms with Gasteiger partial charge in [0, 0.05) is 24.4 Å². The summed E-state index contributed by atoms with van der Waals surface area (Å²) in [4.78, 5) is 15.7. The van der Waals surface area contributed by atoms with Gasteiger partial charge in [0.25, 0.3) is 5.91 Å². The van der Waals surface area contributed by atoms with Gasteiger partial charge < -0.3 is 15.4 Å². The van der Waals surface area contributed by atoms with Crippen LogP contribution >= 0.6 is 0 Å². The van der Waals surface area contributed by atoms with Gasteiger partial charge in [0.05, 0.1) is 5.56 Å². The number of carbonyl (C=O) groups is 1. The molecule has 2 rings (SSSR count). The van der Waals surface area contributed by atoms with Crippen LogP contribution in [0.3, 0.4) is 0 Å². The van der Waals surface area contributed by atoms with Crippen LogP contribution in [0.1, 0.15) is 15.9 Å². The monoisotopic (exact) mass is 256 g/mol. The molecule has 0 bridgehead atoms. The van der Waals surface area contributed by atoms with Gasteiger partial charge >= 0.3 is 7.12 Å². The summed E-state index contributed by atoms with van der Waals surface area (Å²) >= 11 is 0. The number of hydrogen-bond donors (Lipinski definition) is 3. The van der Waals surface area contributed by atoms with Crippen molar-refractivity contribution in [2.75, 3.05) is 0 Å². The molecule has 1 aromatic heterocycles. The molecule has 0 radical (unpaired) electrons. The predicted octanol–water partition coefficient (Wildman–Crippen LogP) is -0.309. The van der Waals surface area contributed by atoms with Crippen molar-refractivity contribution in [2.24, 2.45) is 0 Å². The molecule has 0 atom stereocenters. The van der Waals surface area contributed by atoms with Crippen molar-refractivity contribution in [3.8, 4) is 0 Å². The zero-order valence-electron chi connectivity index (χ0n) is 10.2. The Morgan fingerprint density at radius 1 is 1.21 bits per heavy atom. The second kappa shape index (κ2) is 6.13. The van der Waals surface area contributed by atoms with Gasteiger partial charge in [-0.2, -0.15) is 0 Å². The Bertz CT molecular complexity index is 561. The lowest BCUT2D eigenvalue weighted by molar-refractivity contribution is 0.0950. The van der Waals surface area contributed by atoms with E-state index in [9.17, 15) is 4.79 Å². The minimum absolute atomic E-state index is 0.187. The van der Waals surface area contributed by atoms with E-state index in [1.54, 1.807) is 0 Å². The van der Waals surface area contributed by atoms with E-state index in [0.717, 1.165) is 5.56 Å². The first-order valence-electron chi connectivity index (χ1n) is 5.80. The van der Waals surface area contributed by atoms with Gasteiger partial charge in [0.1, 0.15) is 0 Å². The molecule has 0 saturated heterocycles. The Morgan fingerprint density at radius 2 is 1.95 bits per heavy atom. The maximum atomic E-state index is 11.9. The van der Waals surface area contributed by atoms with Gasteiger partial charge in [0.2, 0.25) is 0 Å². The fraction of sp³-hybridized carbons (Fsp3) is 0.0769. The molecule has 6 heteroatoms. The van der Waals surface area contributed by atoms with Crippen molar-refractivity contribution in [1.29, 1.82) is 0 Å². The van der Waals surface area contributed by atoms with Crippen LogP contribution in [0.2, 0.25) is 0 Å². The second-order valence-corrected chi connectivity index (χ2v) is 4.05. The average Bonchev–Trinajstić information content (AvgIpc) is 2.46. The number of aromatic nitrogens is 1. The zero-order chi connectivity index (χ0) is 13.7. The molecular formula is C13H13BN2O3. The van der Waals surface area contributed by atoms with Crippen molar-refractivity contribution < 1.29 is 14.8 Å². The van der Waals surface area contributed by atoms with Crippen LogP contribution in [0, 0.1) is 0 Å². The number of benzene rings is 1. The van der Waals surface area contributed by atoms with E-state index in [1.165, 1.54) is 18.5 Å². The first-order valence-corrected chi connectivity index (χ1v) is 5.80. The highest BCUT2D eigenvalue weighted by Gasteiger charge is 2.14.